The summed E-state index contributed by atoms with van der Waals surface area (Å²) in [5.74, 6) is 2.65. The minimum Gasteiger partial charge on any atom is -0.464 e. The number of anilines is 1. The molecule has 3 heterocycles. The fourth-order valence-electron chi connectivity index (χ4n) is 3.03. The minimum absolute atomic E-state index is 0. The van der Waals surface area contributed by atoms with E-state index in [1.807, 2.05) is 19.1 Å². The van der Waals surface area contributed by atoms with Crippen molar-refractivity contribution in [2.45, 2.75) is 46.1 Å². The first-order chi connectivity index (χ1) is 12.7. The van der Waals surface area contributed by atoms with Gasteiger partial charge in [-0.1, -0.05) is 0 Å². The number of aliphatic imine (C=N–C) groups is 1. The molecule has 0 aromatic carbocycles. The second kappa shape index (κ2) is 10.9. The first-order valence-electron chi connectivity index (χ1n) is 9.46. The third-order valence-corrected chi connectivity index (χ3v) is 5.39. The zero-order valence-corrected chi connectivity index (χ0v) is 19.5. The number of aryl methyl sites for hydroxylation is 1. The predicted octanol–water partition coefficient (Wildman–Crippen LogP) is 4.12. The molecular weight excluding hydrogens is 473 g/mol. The lowest BCUT2D eigenvalue weighted by Gasteiger charge is -2.16. The number of aromatic nitrogens is 1. The van der Waals surface area contributed by atoms with Crippen molar-refractivity contribution in [1.82, 2.24) is 15.6 Å². The number of guanidine groups is 1. The number of furan rings is 1. The maximum Gasteiger partial charge on any atom is 0.191 e. The van der Waals surface area contributed by atoms with Crippen LogP contribution in [0.3, 0.4) is 0 Å². The lowest BCUT2D eigenvalue weighted by atomic mass is 10.2. The average molecular weight is 503 g/mol. The van der Waals surface area contributed by atoms with E-state index in [-0.39, 0.29) is 30.0 Å². The molecule has 0 amide bonds. The summed E-state index contributed by atoms with van der Waals surface area (Å²) < 4.78 is 5.69. The van der Waals surface area contributed by atoms with Gasteiger partial charge in [-0.2, -0.15) is 0 Å². The SMILES string of the molecule is CCNC(=NCCc1csc(N2CCCC2)n1)NC(C)c1ccc(C)o1.I. The van der Waals surface area contributed by atoms with Gasteiger partial charge in [-0.15, -0.1) is 35.3 Å². The first-order valence-corrected chi connectivity index (χ1v) is 10.3. The van der Waals surface area contributed by atoms with E-state index in [1.54, 1.807) is 11.3 Å². The van der Waals surface area contributed by atoms with Crippen LogP contribution in [-0.2, 0) is 6.42 Å². The lowest BCUT2D eigenvalue weighted by Crippen LogP contribution is -2.38. The van der Waals surface area contributed by atoms with Crippen LogP contribution in [0.1, 0.15) is 49.9 Å². The van der Waals surface area contributed by atoms with Crippen molar-refractivity contribution in [3.63, 3.8) is 0 Å². The van der Waals surface area contributed by atoms with Crippen LogP contribution in [0.4, 0.5) is 5.13 Å². The monoisotopic (exact) mass is 503 g/mol. The minimum atomic E-state index is 0. The number of halogens is 1. The third kappa shape index (κ3) is 6.38. The highest BCUT2D eigenvalue weighted by Crippen LogP contribution is 2.24. The van der Waals surface area contributed by atoms with Gasteiger partial charge in [0, 0.05) is 38.0 Å². The summed E-state index contributed by atoms with van der Waals surface area (Å²) in [6, 6.07) is 4.06. The molecule has 2 aromatic heterocycles. The molecule has 27 heavy (non-hydrogen) atoms. The van der Waals surface area contributed by atoms with E-state index < -0.39 is 0 Å². The molecule has 2 N–H and O–H groups in total. The van der Waals surface area contributed by atoms with Gasteiger partial charge in [0.25, 0.3) is 0 Å². The molecule has 1 atom stereocenters. The summed E-state index contributed by atoms with van der Waals surface area (Å²) in [5.41, 5.74) is 1.13. The van der Waals surface area contributed by atoms with Crippen molar-refractivity contribution in [2.75, 3.05) is 31.1 Å². The molecule has 1 saturated heterocycles. The quantitative estimate of drug-likeness (QED) is 0.338. The molecule has 0 aliphatic carbocycles. The molecule has 1 fully saturated rings. The molecule has 6 nitrogen and oxygen atoms in total. The standard InChI is InChI=1S/C19H29N5OS.HI/c1-4-20-18(22-15(3)17-8-7-14(2)25-17)21-10-9-16-13-26-19(23-16)24-11-5-6-12-24;/h7-8,13,15H,4-6,9-12H2,1-3H3,(H2,20,21,22);1H. The van der Waals surface area contributed by atoms with Gasteiger partial charge in [-0.05, 0) is 45.7 Å². The summed E-state index contributed by atoms with van der Waals surface area (Å²) in [5, 5.41) is 10.0. The summed E-state index contributed by atoms with van der Waals surface area (Å²) in [6.45, 7) is 9.93. The Kier molecular flexibility index (Phi) is 8.88. The molecule has 0 saturated carbocycles. The van der Waals surface area contributed by atoms with Crippen LogP contribution >= 0.6 is 35.3 Å². The fourth-order valence-corrected chi connectivity index (χ4v) is 3.94. The molecule has 0 spiro atoms. The molecule has 0 bridgehead atoms. The Morgan fingerprint density at radius 1 is 1.37 bits per heavy atom. The van der Waals surface area contributed by atoms with E-state index in [9.17, 15) is 0 Å². The Labute approximate surface area is 182 Å². The number of nitrogens with one attached hydrogen (secondary N) is 2. The fraction of sp³-hybridized carbons (Fsp3) is 0.579. The molecule has 150 valence electrons. The molecule has 1 aliphatic heterocycles. The van der Waals surface area contributed by atoms with Crippen LogP contribution in [0, 0.1) is 6.92 Å². The van der Waals surface area contributed by atoms with Crippen LogP contribution in [0.25, 0.3) is 0 Å². The van der Waals surface area contributed by atoms with Crippen LogP contribution in [-0.4, -0.2) is 37.1 Å². The Hall–Kier alpha value is -1.29. The highest BCUT2D eigenvalue weighted by Gasteiger charge is 2.15. The van der Waals surface area contributed by atoms with E-state index in [0.29, 0.717) is 6.54 Å². The van der Waals surface area contributed by atoms with E-state index >= 15 is 0 Å². The van der Waals surface area contributed by atoms with Gasteiger partial charge in [-0.3, -0.25) is 4.99 Å². The number of nitrogens with zero attached hydrogens (tertiary/aromatic N) is 3. The van der Waals surface area contributed by atoms with Crippen molar-refractivity contribution < 1.29 is 4.42 Å². The largest absolute Gasteiger partial charge is 0.464 e. The zero-order valence-electron chi connectivity index (χ0n) is 16.3. The number of hydrogen-bond donors (Lipinski definition) is 2. The van der Waals surface area contributed by atoms with Crippen LogP contribution in [0.5, 0.6) is 0 Å². The third-order valence-electron chi connectivity index (χ3n) is 4.44. The normalized spacial score (nSPS) is 15.5. The molecule has 1 aliphatic rings. The maximum absolute atomic E-state index is 5.69. The Bertz CT molecular complexity index is 723. The van der Waals surface area contributed by atoms with Crippen molar-refractivity contribution in [3.05, 3.63) is 34.7 Å². The van der Waals surface area contributed by atoms with E-state index in [0.717, 1.165) is 54.4 Å². The number of rotatable bonds is 7. The zero-order chi connectivity index (χ0) is 18.4. The van der Waals surface area contributed by atoms with E-state index in [1.165, 1.54) is 12.8 Å². The Morgan fingerprint density at radius 2 is 2.15 bits per heavy atom. The van der Waals surface area contributed by atoms with Gasteiger partial charge in [0.15, 0.2) is 11.1 Å². The van der Waals surface area contributed by atoms with E-state index in [2.05, 4.69) is 34.8 Å². The van der Waals surface area contributed by atoms with E-state index in [4.69, 9.17) is 14.4 Å². The summed E-state index contributed by atoms with van der Waals surface area (Å²) in [6.07, 6.45) is 3.42. The number of hydrogen-bond acceptors (Lipinski definition) is 5. The van der Waals surface area contributed by atoms with Crippen LogP contribution in [0.2, 0.25) is 0 Å². The highest BCUT2D eigenvalue weighted by molar-refractivity contribution is 14.0. The Morgan fingerprint density at radius 3 is 2.81 bits per heavy atom. The molecule has 3 rings (SSSR count). The summed E-state index contributed by atoms with van der Waals surface area (Å²) in [4.78, 5) is 11.8. The lowest BCUT2D eigenvalue weighted by molar-refractivity contribution is 0.441. The molecule has 8 heteroatoms. The molecular formula is C19H30IN5OS. The van der Waals surface area contributed by atoms with Crippen LogP contribution in [0.15, 0.2) is 26.9 Å². The van der Waals surface area contributed by atoms with Crippen molar-refractivity contribution in [1.29, 1.82) is 0 Å². The highest BCUT2D eigenvalue weighted by atomic mass is 127. The topological polar surface area (TPSA) is 65.7 Å². The van der Waals surface area contributed by atoms with Gasteiger partial charge >= 0.3 is 0 Å². The van der Waals surface area contributed by atoms with Gasteiger partial charge in [-0.25, -0.2) is 4.98 Å². The van der Waals surface area contributed by atoms with Crippen molar-refractivity contribution >= 4 is 46.4 Å². The van der Waals surface area contributed by atoms with Gasteiger partial charge < -0.3 is 20.0 Å². The number of thiazole rings is 1. The van der Waals surface area contributed by atoms with Crippen molar-refractivity contribution in [3.8, 4) is 0 Å². The van der Waals surface area contributed by atoms with Crippen molar-refractivity contribution in [2.24, 2.45) is 4.99 Å². The molecule has 1 unspecified atom stereocenters. The van der Waals surface area contributed by atoms with Gasteiger partial charge in [0.05, 0.1) is 11.7 Å². The predicted molar refractivity (Wildman–Crippen MR) is 124 cm³/mol. The van der Waals surface area contributed by atoms with Gasteiger partial charge in [0.2, 0.25) is 0 Å². The van der Waals surface area contributed by atoms with Gasteiger partial charge in [0.1, 0.15) is 11.5 Å². The average Bonchev–Trinajstić information content (AvgIpc) is 3.36. The second-order valence-corrected chi connectivity index (χ2v) is 7.48. The van der Waals surface area contributed by atoms with Crippen LogP contribution < -0.4 is 15.5 Å². The molecule has 2 aromatic rings. The first kappa shape index (κ1) is 22.0. The summed E-state index contributed by atoms with van der Waals surface area (Å²) >= 11 is 1.75. The Balaban J connectivity index is 0.00000261. The molecule has 0 radical (unpaired) electrons. The maximum atomic E-state index is 5.69. The smallest absolute Gasteiger partial charge is 0.191 e. The second-order valence-electron chi connectivity index (χ2n) is 6.64. The summed E-state index contributed by atoms with van der Waals surface area (Å²) in [7, 11) is 0.